The zero-order chi connectivity index (χ0) is 16.7. The smallest absolute Gasteiger partial charge is 0.193 e. The normalized spacial score (nSPS) is 17.5. The van der Waals surface area contributed by atoms with Crippen molar-refractivity contribution in [1.29, 1.82) is 0 Å². The first kappa shape index (κ1) is 17.6. The monoisotopic (exact) mass is 318 g/mol. The van der Waals surface area contributed by atoms with E-state index < -0.39 is 0 Å². The Balaban J connectivity index is 1.85. The second-order valence-corrected chi connectivity index (χ2v) is 6.35. The average Bonchev–Trinajstić information content (AvgIpc) is 3.04. The Morgan fingerprint density at radius 2 is 1.91 bits per heavy atom. The molecule has 1 atom stereocenters. The van der Waals surface area contributed by atoms with E-state index in [9.17, 15) is 0 Å². The largest absolute Gasteiger partial charge is 0.491 e. The summed E-state index contributed by atoms with van der Waals surface area (Å²) in [4.78, 5) is 7.04. The highest BCUT2D eigenvalue weighted by Crippen LogP contribution is 2.17. The van der Waals surface area contributed by atoms with Gasteiger partial charge in [0.05, 0.1) is 12.6 Å². The van der Waals surface area contributed by atoms with Crippen LogP contribution in [0, 0.1) is 0 Å². The molecule has 5 heteroatoms. The van der Waals surface area contributed by atoms with Gasteiger partial charge >= 0.3 is 0 Å². The van der Waals surface area contributed by atoms with Crippen LogP contribution in [0.4, 0.5) is 5.69 Å². The highest BCUT2D eigenvalue weighted by atomic mass is 16.5. The molecule has 1 fully saturated rings. The van der Waals surface area contributed by atoms with E-state index in [4.69, 9.17) is 10.5 Å². The first-order chi connectivity index (χ1) is 11.1. The molecule has 0 aromatic heterocycles. The standard InChI is InChI=1S/C18H30N4O/c1-4-16(22-11-5-6-12-22)13-20-18(19)21-15-7-9-17(10-8-15)23-14(2)3/h7-10,14,16H,4-6,11-13H2,1-3H3,(H3,19,20,21). The number of ether oxygens (including phenoxy) is 1. The number of anilines is 1. The molecule has 5 nitrogen and oxygen atoms in total. The Morgan fingerprint density at radius 1 is 1.26 bits per heavy atom. The molecule has 128 valence electrons. The lowest BCUT2D eigenvalue weighted by Gasteiger charge is -2.24. The molecule has 1 heterocycles. The second-order valence-electron chi connectivity index (χ2n) is 6.35. The molecular formula is C18H30N4O. The maximum Gasteiger partial charge on any atom is 0.193 e. The minimum atomic E-state index is 0.178. The molecule has 0 spiro atoms. The van der Waals surface area contributed by atoms with Gasteiger partial charge in [0.25, 0.3) is 0 Å². The van der Waals surface area contributed by atoms with Crippen molar-refractivity contribution < 1.29 is 4.74 Å². The number of hydrogen-bond donors (Lipinski definition) is 2. The van der Waals surface area contributed by atoms with Gasteiger partial charge in [-0.25, -0.2) is 0 Å². The van der Waals surface area contributed by atoms with E-state index in [1.54, 1.807) is 0 Å². The molecule has 3 N–H and O–H groups in total. The van der Waals surface area contributed by atoms with Crippen molar-refractivity contribution in [2.24, 2.45) is 10.7 Å². The Morgan fingerprint density at radius 3 is 2.48 bits per heavy atom. The fraction of sp³-hybridized carbons (Fsp3) is 0.611. The minimum absolute atomic E-state index is 0.178. The van der Waals surface area contributed by atoms with E-state index in [0.29, 0.717) is 12.0 Å². The first-order valence-electron chi connectivity index (χ1n) is 8.66. The number of benzene rings is 1. The van der Waals surface area contributed by atoms with Crippen LogP contribution >= 0.6 is 0 Å². The Hall–Kier alpha value is -1.75. The van der Waals surface area contributed by atoms with Crippen LogP contribution in [0.3, 0.4) is 0 Å². The third-order valence-corrected chi connectivity index (χ3v) is 4.10. The van der Waals surface area contributed by atoms with Gasteiger partial charge in [0.15, 0.2) is 5.96 Å². The summed E-state index contributed by atoms with van der Waals surface area (Å²) < 4.78 is 5.63. The molecule has 1 unspecified atom stereocenters. The van der Waals surface area contributed by atoms with Crippen molar-refractivity contribution in [2.75, 3.05) is 25.0 Å². The van der Waals surface area contributed by atoms with Gasteiger partial charge in [-0.05, 0) is 70.5 Å². The fourth-order valence-corrected chi connectivity index (χ4v) is 2.89. The number of nitrogens with zero attached hydrogens (tertiary/aromatic N) is 2. The molecule has 0 radical (unpaired) electrons. The predicted molar refractivity (Wildman–Crippen MR) is 97.2 cm³/mol. The fourth-order valence-electron chi connectivity index (χ4n) is 2.89. The molecule has 0 amide bonds. The topological polar surface area (TPSA) is 62.9 Å². The summed E-state index contributed by atoms with van der Waals surface area (Å²) >= 11 is 0. The van der Waals surface area contributed by atoms with Gasteiger partial charge < -0.3 is 15.8 Å². The highest BCUT2D eigenvalue weighted by molar-refractivity contribution is 5.92. The third kappa shape index (κ3) is 5.75. The van der Waals surface area contributed by atoms with E-state index in [1.165, 1.54) is 25.9 Å². The van der Waals surface area contributed by atoms with Crippen LogP contribution in [-0.2, 0) is 0 Å². The zero-order valence-electron chi connectivity index (χ0n) is 14.6. The second kappa shape index (κ2) is 8.77. The SMILES string of the molecule is CCC(CN=C(N)Nc1ccc(OC(C)C)cc1)N1CCCC1. The summed E-state index contributed by atoms with van der Waals surface area (Å²) in [5.41, 5.74) is 6.94. The summed E-state index contributed by atoms with van der Waals surface area (Å²) in [6.07, 6.45) is 3.90. The summed E-state index contributed by atoms with van der Waals surface area (Å²) in [6.45, 7) is 9.39. The molecule has 0 aliphatic carbocycles. The van der Waals surface area contributed by atoms with Crippen LogP contribution in [0.25, 0.3) is 0 Å². The van der Waals surface area contributed by atoms with Crippen LogP contribution in [-0.4, -0.2) is 42.6 Å². The number of aliphatic imine (C=N–C) groups is 1. The third-order valence-electron chi connectivity index (χ3n) is 4.10. The lowest BCUT2D eigenvalue weighted by atomic mass is 10.2. The molecule has 1 aliphatic rings. The summed E-state index contributed by atoms with van der Waals surface area (Å²) in [7, 11) is 0. The predicted octanol–water partition coefficient (Wildman–Crippen LogP) is 3.07. The highest BCUT2D eigenvalue weighted by Gasteiger charge is 2.19. The number of rotatable bonds is 7. The molecule has 2 rings (SSSR count). The number of guanidine groups is 1. The van der Waals surface area contributed by atoms with E-state index in [-0.39, 0.29) is 6.10 Å². The molecular weight excluding hydrogens is 288 g/mol. The van der Waals surface area contributed by atoms with Crippen molar-refractivity contribution >= 4 is 11.6 Å². The molecule has 0 bridgehead atoms. The summed E-state index contributed by atoms with van der Waals surface area (Å²) in [5.74, 6) is 1.33. The van der Waals surface area contributed by atoms with E-state index >= 15 is 0 Å². The van der Waals surface area contributed by atoms with Crippen LogP contribution in [0.1, 0.15) is 40.0 Å². The van der Waals surface area contributed by atoms with Gasteiger partial charge in [0, 0.05) is 11.7 Å². The lowest BCUT2D eigenvalue weighted by molar-refractivity contribution is 0.242. The van der Waals surface area contributed by atoms with E-state index in [1.807, 2.05) is 38.1 Å². The van der Waals surface area contributed by atoms with Crippen molar-refractivity contribution in [3.05, 3.63) is 24.3 Å². The van der Waals surface area contributed by atoms with Gasteiger partial charge in [-0.3, -0.25) is 9.89 Å². The van der Waals surface area contributed by atoms with Crippen molar-refractivity contribution in [3.8, 4) is 5.75 Å². The Bertz CT molecular complexity index is 492. The zero-order valence-corrected chi connectivity index (χ0v) is 14.6. The Kier molecular flexibility index (Phi) is 6.71. The van der Waals surface area contributed by atoms with Crippen LogP contribution in [0.2, 0.25) is 0 Å². The lowest BCUT2D eigenvalue weighted by Crippen LogP contribution is -2.35. The molecule has 1 aromatic carbocycles. The van der Waals surface area contributed by atoms with Gasteiger partial charge in [-0.15, -0.1) is 0 Å². The van der Waals surface area contributed by atoms with Gasteiger partial charge in [-0.1, -0.05) is 6.92 Å². The molecule has 0 saturated carbocycles. The van der Waals surface area contributed by atoms with E-state index in [0.717, 1.165) is 24.4 Å². The van der Waals surface area contributed by atoms with Gasteiger partial charge in [-0.2, -0.15) is 0 Å². The minimum Gasteiger partial charge on any atom is -0.491 e. The molecule has 1 aromatic rings. The van der Waals surface area contributed by atoms with Gasteiger partial charge in [0.2, 0.25) is 0 Å². The number of likely N-dealkylation sites (tertiary alicyclic amines) is 1. The van der Waals surface area contributed by atoms with Crippen LogP contribution in [0.15, 0.2) is 29.3 Å². The number of nitrogens with two attached hydrogens (primary N) is 1. The van der Waals surface area contributed by atoms with E-state index in [2.05, 4.69) is 22.1 Å². The quantitative estimate of drug-likeness (QED) is 0.599. The van der Waals surface area contributed by atoms with Gasteiger partial charge in [0.1, 0.15) is 5.75 Å². The molecule has 1 saturated heterocycles. The number of nitrogens with one attached hydrogen (secondary N) is 1. The summed E-state index contributed by atoms with van der Waals surface area (Å²) in [5, 5.41) is 3.15. The van der Waals surface area contributed by atoms with Crippen molar-refractivity contribution in [2.45, 2.75) is 52.2 Å². The van der Waals surface area contributed by atoms with Crippen LogP contribution in [0.5, 0.6) is 5.75 Å². The first-order valence-corrected chi connectivity index (χ1v) is 8.66. The van der Waals surface area contributed by atoms with Crippen molar-refractivity contribution in [3.63, 3.8) is 0 Å². The summed E-state index contributed by atoms with van der Waals surface area (Å²) in [6, 6.07) is 8.29. The molecule has 23 heavy (non-hydrogen) atoms. The van der Waals surface area contributed by atoms with Crippen molar-refractivity contribution in [1.82, 2.24) is 4.90 Å². The Labute approximate surface area is 139 Å². The van der Waals surface area contributed by atoms with Crippen LogP contribution < -0.4 is 15.8 Å². The maximum absolute atomic E-state index is 6.02. The number of hydrogen-bond acceptors (Lipinski definition) is 3. The average molecular weight is 318 g/mol. The molecule has 1 aliphatic heterocycles. The maximum atomic E-state index is 6.02.